The summed E-state index contributed by atoms with van der Waals surface area (Å²) in [4.78, 5) is 28.9. The van der Waals surface area contributed by atoms with Gasteiger partial charge >= 0.3 is 5.97 Å². The Morgan fingerprint density at radius 1 is 1.03 bits per heavy atom. The lowest BCUT2D eigenvalue weighted by molar-refractivity contribution is 0.0527. The van der Waals surface area contributed by atoms with Gasteiger partial charge in [-0.15, -0.1) is 0 Å². The van der Waals surface area contributed by atoms with E-state index in [9.17, 15) is 9.59 Å². The highest BCUT2D eigenvalue weighted by atomic mass is 16.5. The number of carbonyl (C=O) groups excluding carboxylic acids is 2. The normalized spacial score (nSPS) is 10.3. The second-order valence-electron chi connectivity index (χ2n) is 6.43. The molecule has 1 aromatic heterocycles. The van der Waals surface area contributed by atoms with Crippen molar-refractivity contribution in [2.75, 3.05) is 17.2 Å². The number of benzene rings is 2. The van der Waals surface area contributed by atoms with Crippen molar-refractivity contribution in [2.45, 2.75) is 20.4 Å². The molecule has 2 N–H and O–H groups in total. The molecular weight excluding hydrogens is 366 g/mol. The number of rotatable bonds is 7. The Morgan fingerprint density at radius 2 is 1.79 bits per heavy atom. The van der Waals surface area contributed by atoms with Crippen molar-refractivity contribution in [1.29, 1.82) is 0 Å². The van der Waals surface area contributed by atoms with Gasteiger partial charge in [0.05, 0.1) is 17.9 Å². The van der Waals surface area contributed by atoms with Crippen molar-refractivity contribution in [1.82, 2.24) is 4.98 Å². The first kappa shape index (κ1) is 20.1. The van der Waals surface area contributed by atoms with Crippen LogP contribution in [0.4, 0.5) is 11.4 Å². The molecule has 0 aliphatic heterocycles. The van der Waals surface area contributed by atoms with E-state index in [1.54, 1.807) is 43.5 Å². The van der Waals surface area contributed by atoms with Gasteiger partial charge in [-0.1, -0.05) is 36.4 Å². The molecule has 6 heteroatoms. The van der Waals surface area contributed by atoms with Crippen molar-refractivity contribution in [3.63, 3.8) is 0 Å². The Labute approximate surface area is 169 Å². The fourth-order valence-electron chi connectivity index (χ4n) is 2.84. The van der Waals surface area contributed by atoms with E-state index in [0.29, 0.717) is 17.8 Å². The van der Waals surface area contributed by atoms with Crippen LogP contribution in [0.1, 0.15) is 38.9 Å². The summed E-state index contributed by atoms with van der Waals surface area (Å²) in [6.45, 7) is 4.70. The highest BCUT2D eigenvalue weighted by molar-refractivity contribution is 6.07. The number of nitrogens with one attached hydrogen (secondary N) is 2. The van der Waals surface area contributed by atoms with E-state index in [1.165, 1.54) is 11.1 Å². The second kappa shape index (κ2) is 9.50. The first-order chi connectivity index (χ1) is 14.1. The molecule has 3 rings (SSSR count). The Morgan fingerprint density at radius 3 is 2.59 bits per heavy atom. The fourth-order valence-corrected chi connectivity index (χ4v) is 2.84. The molecule has 1 amide bonds. The van der Waals surface area contributed by atoms with Crippen molar-refractivity contribution in [2.24, 2.45) is 0 Å². The molecule has 0 saturated carbocycles. The summed E-state index contributed by atoms with van der Waals surface area (Å²) in [5.74, 6) is -0.883. The molecular formula is C23H23N3O3. The quantitative estimate of drug-likeness (QED) is 0.584. The number of hydrogen-bond acceptors (Lipinski definition) is 5. The van der Waals surface area contributed by atoms with Crippen molar-refractivity contribution >= 4 is 23.3 Å². The molecule has 0 saturated heterocycles. The van der Waals surface area contributed by atoms with Gasteiger partial charge in [-0.25, -0.2) is 4.79 Å². The van der Waals surface area contributed by atoms with Crippen molar-refractivity contribution < 1.29 is 14.3 Å². The van der Waals surface area contributed by atoms with Crippen LogP contribution in [0.2, 0.25) is 0 Å². The molecule has 29 heavy (non-hydrogen) atoms. The number of amides is 1. The minimum absolute atomic E-state index is 0.249. The van der Waals surface area contributed by atoms with Crippen LogP contribution < -0.4 is 10.6 Å². The minimum atomic E-state index is -0.481. The van der Waals surface area contributed by atoms with Gasteiger partial charge in [-0.2, -0.15) is 0 Å². The van der Waals surface area contributed by atoms with Crippen LogP contribution in [-0.2, 0) is 11.3 Å². The number of nitrogens with zero attached hydrogens (tertiary/aromatic N) is 1. The van der Waals surface area contributed by atoms with Gasteiger partial charge < -0.3 is 15.4 Å². The summed E-state index contributed by atoms with van der Waals surface area (Å²) in [5, 5.41) is 6.06. The Hall–Kier alpha value is -3.67. The number of anilines is 2. The maximum absolute atomic E-state index is 12.7. The maximum Gasteiger partial charge on any atom is 0.340 e. The first-order valence-electron chi connectivity index (χ1n) is 9.40. The van der Waals surface area contributed by atoms with Gasteiger partial charge in [0.25, 0.3) is 5.91 Å². The zero-order valence-electron chi connectivity index (χ0n) is 16.4. The average Bonchev–Trinajstić information content (AvgIpc) is 2.74. The zero-order chi connectivity index (χ0) is 20.6. The summed E-state index contributed by atoms with van der Waals surface area (Å²) in [6.07, 6.45) is 1.58. The van der Waals surface area contributed by atoms with E-state index in [0.717, 1.165) is 5.69 Å². The van der Waals surface area contributed by atoms with Crippen LogP contribution in [0.25, 0.3) is 0 Å². The molecule has 1 heterocycles. The highest BCUT2D eigenvalue weighted by Crippen LogP contribution is 2.18. The largest absolute Gasteiger partial charge is 0.462 e. The number of carbonyl (C=O) groups is 2. The zero-order valence-corrected chi connectivity index (χ0v) is 16.4. The van der Waals surface area contributed by atoms with Crippen LogP contribution in [0, 0.1) is 6.92 Å². The SMILES string of the molecule is CCOC(=O)c1ccccc1NC(=O)c1cc(NCc2ccccc2C)ccn1. The van der Waals surface area contributed by atoms with Gasteiger partial charge in [-0.3, -0.25) is 9.78 Å². The van der Waals surface area contributed by atoms with E-state index < -0.39 is 11.9 Å². The Kier molecular flexibility index (Phi) is 6.58. The van der Waals surface area contributed by atoms with E-state index in [2.05, 4.69) is 34.7 Å². The molecule has 0 aliphatic carbocycles. The Balaban J connectivity index is 1.72. The summed E-state index contributed by atoms with van der Waals surface area (Å²) >= 11 is 0. The smallest absolute Gasteiger partial charge is 0.340 e. The van der Waals surface area contributed by atoms with E-state index >= 15 is 0 Å². The van der Waals surface area contributed by atoms with Gasteiger partial charge in [0.2, 0.25) is 0 Å². The predicted octanol–water partition coefficient (Wildman–Crippen LogP) is 4.43. The number of pyridine rings is 1. The lowest BCUT2D eigenvalue weighted by atomic mass is 10.1. The summed E-state index contributed by atoms with van der Waals surface area (Å²) in [7, 11) is 0. The summed E-state index contributed by atoms with van der Waals surface area (Å²) in [6, 6.07) is 18.3. The van der Waals surface area contributed by atoms with Gasteiger partial charge in [-0.05, 0) is 49.2 Å². The first-order valence-corrected chi connectivity index (χ1v) is 9.40. The molecule has 0 fully saturated rings. The predicted molar refractivity (Wildman–Crippen MR) is 113 cm³/mol. The van der Waals surface area contributed by atoms with Crippen LogP contribution in [0.3, 0.4) is 0 Å². The Bertz CT molecular complexity index is 1020. The number of esters is 1. The molecule has 2 aromatic carbocycles. The van der Waals surface area contributed by atoms with Crippen LogP contribution >= 0.6 is 0 Å². The number of aromatic nitrogens is 1. The highest BCUT2D eigenvalue weighted by Gasteiger charge is 2.15. The lowest BCUT2D eigenvalue weighted by Gasteiger charge is -2.12. The average molecular weight is 389 g/mol. The molecule has 0 spiro atoms. The van der Waals surface area contributed by atoms with Crippen LogP contribution in [-0.4, -0.2) is 23.5 Å². The number of para-hydroxylation sites is 1. The number of ether oxygens (including phenoxy) is 1. The third kappa shape index (κ3) is 5.19. The van der Waals surface area contributed by atoms with Gasteiger partial charge in [0.1, 0.15) is 5.69 Å². The molecule has 148 valence electrons. The molecule has 0 atom stereocenters. The second-order valence-corrected chi connectivity index (χ2v) is 6.43. The summed E-state index contributed by atoms with van der Waals surface area (Å²) < 4.78 is 5.04. The topological polar surface area (TPSA) is 80.3 Å². The van der Waals surface area contributed by atoms with E-state index in [4.69, 9.17) is 4.74 Å². The van der Waals surface area contributed by atoms with Crippen molar-refractivity contribution in [3.8, 4) is 0 Å². The number of aryl methyl sites for hydroxylation is 1. The minimum Gasteiger partial charge on any atom is -0.462 e. The van der Waals surface area contributed by atoms with Gasteiger partial charge in [0, 0.05) is 18.4 Å². The maximum atomic E-state index is 12.7. The third-order valence-corrected chi connectivity index (χ3v) is 4.41. The molecule has 0 radical (unpaired) electrons. The van der Waals surface area contributed by atoms with Gasteiger partial charge in [0.15, 0.2) is 0 Å². The molecule has 0 unspecified atom stereocenters. The molecule has 0 bridgehead atoms. The molecule has 3 aromatic rings. The lowest BCUT2D eigenvalue weighted by Crippen LogP contribution is -2.17. The van der Waals surface area contributed by atoms with Crippen LogP contribution in [0.15, 0.2) is 66.9 Å². The number of hydrogen-bond donors (Lipinski definition) is 2. The van der Waals surface area contributed by atoms with Crippen molar-refractivity contribution in [3.05, 3.63) is 89.2 Å². The third-order valence-electron chi connectivity index (χ3n) is 4.41. The fraction of sp³-hybridized carbons (Fsp3) is 0.174. The molecule has 6 nitrogen and oxygen atoms in total. The monoisotopic (exact) mass is 389 g/mol. The van der Waals surface area contributed by atoms with Crippen LogP contribution in [0.5, 0.6) is 0 Å². The standard InChI is InChI=1S/C23H23N3O3/c1-3-29-23(28)19-10-6-7-11-20(19)26-22(27)21-14-18(12-13-24-21)25-15-17-9-5-4-8-16(17)2/h4-14H,3,15H2,1-2H3,(H,24,25)(H,26,27). The van der Waals surface area contributed by atoms with E-state index in [1.807, 2.05) is 18.2 Å². The van der Waals surface area contributed by atoms with E-state index in [-0.39, 0.29) is 12.3 Å². The molecule has 0 aliphatic rings. The summed E-state index contributed by atoms with van der Waals surface area (Å²) in [5.41, 5.74) is 4.10.